The second-order valence-corrected chi connectivity index (χ2v) is 9.03. The fourth-order valence-electron chi connectivity index (χ4n) is 4.97. The Hall–Kier alpha value is -2.66. The van der Waals surface area contributed by atoms with E-state index in [1.165, 1.54) is 46.2 Å². The highest BCUT2D eigenvalue weighted by Gasteiger charge is 2.27. The SMILES string of the molecule is COCc1cc2c(C)nc3c(-c4c(C)cc(C)cc4C)c(C)nn3c2n1CC1CC1. The molecule has 0 radical (unpaired) electrons. The van der Waals surface area contributed by atoms with Gasteiger partial charge in [0.25, 0.3) is 0 Å². The van der Waals surface area contributed by atoms with Gasteiger partial charge in [-0.3, -0.25) is 0 Å². The Labute approximate surface area is 177 Å². The number of ether oxygens (including phenoxy) is 1. The van der Waals surface area contributed by atoms with Gasteiger partial charge in [-0.25, -0.2) is 4.98 Å². The molecule has 0 N–H and O–H groups in total. The van der Waals surface area contributed by atoms with Crippen LogP contribution in [0.1, 0.15) is 46.6 Å². The van der Waals surface area contributed by atoms with Crippen LogP contribution in [-0.4, -0.2) is 26.3 Å². The third-order valence-corrected chi connectivity index (χ3v) is 6.41. The smallest absolute Gasteiger partial charge is 0.165 e. The standard InChI is InChI=1S/C25H30N4O/c1-14-9-15(2)22(16(3)10-14)23-18(5)27-29-24(23)26-17(4)21-11-20(13-30-6)28(25(21)29)12-19-7-8-19/h9-11,19H,7-8,12-13H2,1-6H3. The van der Waals surface area contributed by atoms with Crippen molar-refractivity contribution in [2.75, 3.05) is 7.11 Å². The first-order chi connectivity index (χ1) is 14.4. The lowest BCUT2D eigenvalue weighted by Crippen LogP contribution is -2.09. The van der Waals surface area contributed by atoms with E-state index in [0.29, 0.717) is 6.61 Å². The van der Waals surface area contributed by atoms with Crippen LogP contribution in [0.3, 0.4) is 0 Å². The Balaban J connectivity index is 1.85. The summed E-state index contributed by atoms with van der Waals surface area (Å²) >= 11 is 0. The number of benzene rings is 1. The van der Waals surface area contributed by atoms with E-state index in [1.54, 1.807) is 7.11 Å². The van der Waals surface area contributed by atoms with Gasteiger partial charge in [0.2, 0.25) is 0 Å². The van der Waals surface area contributed by atoms with Crippen LogP contribution in [0.25, 0.3) is 27.8 Å². The molecule has 5 nitrogen and oxygen atoms in total. The number of nitrogens with zero attached hydrogens (tertiary/aromatic N) is 4. The highest BCUT2D eigenvalue weighted by Crippen LogP contribution is 2.37. The second kappa shape index (κ2) is 6.95. The van der Waals surface area contributed by atoms with E-state index in [-0.39, 0.29) is 0 Å². The molecule has 30 heavy (non-hydrogen) atoms. The first kappa shape index (κ1) is 19.3. The highest BCUT2D eigenvalue weighted by atomic mass is 16.5. The summed E-state index contributed by atoms with van der Waals surface area (Å²) in [5.41, 5.74) is 11.6. The molecule has 0 bridgehead atoms. The second-order valence-electron chi connectivity index (χ2n) is 9.03. The Kier molecular flexibility index (Phi) is 4.47. The van der Waals surface area contributed by atoms with Crippen molar-refractivity contribution in [2.24, 2.45) is 5.92 Å². The molecule has 1 saturated carbocycles. The summed E-state index contributed by atoms with van der Waals surface area (Å²) in [6.07, 6.45) is 2.62. The minimum atomic E-state index is 0.603. The third-order valence-electron chi connectivity index (χ3n) is 6.41. The molecule has 1 aliphatic rings. The average molecular weight is 403 g/mol. The monoisotopic (exact) mass is 402 g/mol. The van der Waals surface area contributed by atoms with E-state index in [9.17, 15) is 0 Å². The van der Waals surface area contributed by atoms with E-state index < -0.39 is 0 Å². The van der Waals surface area contributed by atoms with Crippen LogP contribution in [0, 0.1) is 40.5 Å². The van der Waals surface area contributed by atoms with Gasteiger partial charge in [-0.1, -0.05) is 17.7 Å². The summed E-state index contributed by atoms with van der Waals surface area (Å²) in [5.74, 6) is 0.762. The number of methoxy groups -OCH3 is 1. The van der Waals surface area contributed by atoms with Gasteiger partial charge in [-0.05, 0) is 76.1 Å². The molecule has 4 aromatic rings. The topological polar surface area (TPSA) is 44.4 Å². The van der Waals surface area contributed by atoms with E-state index in [1.807, 2.05) is 0 Å². The van der Waals surface area contributed by atoms with Gasteiger partial charge in [0.1, 0.15) is 5.65 Å². The summed E-state index contributed by atoms with van der Waals surface area (Å²) < 4.78 is 10.0. The number of fused-ring (bicyclic) bond motifs is 3. The van der Waals surface area contributed by atoms with Crippen LogP contribution >= 0.6 is 0 Å². The minimum Gasteiger partial charge on any atom is -0.378 e. The molecule has 156 valence electrons. The number of aryl methyl sites for hydroxylation is 5. The van der Waals surface area contributed by atoms with Gasteiger partial charge in [0.15, 0.2) is 5.65 Å². The number of hydrogen-bond donors (Lipinski definition) is 0. The van der Waals surface area contributed by atoms with Crippen LogP contribution in [0.2, 0.25) is 0 Å². The predicted octanol–water partition coefficient (Wildman–Crippen LogP) is 5.45. The largest absolute Gasteiger partial charge is 0.378 e. The molecule has 5 rings (SSSR count). The Morgan fingerprint density at radius 3 is 2.30 bits per heavy atom. The van der Waals surface area contributed by atoms with E-state index in [2.05, 4.69) is 61.9 Å². The first-order valence-electron chi connectivity index (χ1n) is 10.8. The van der Waals surface area contributed by atoms with Crippen molar-refractivity contribution in [3.8, 4) is 11.1 Å². The molecule has 0 aliphatic heterocycles. The molecule has 1 aromatic carbocycles. The molecular formula is C25H30N4O. The van der Waals surface area contributed by atoms with Crippen molar-refractivity contribution in [1.29, 1.82) is 0 Å². The molecule has 3 aromatic heterocycles. The zero-order chi connectivity index (χ0) is 21.2. The minimum absolute atomic E-state index is 0.603. The van der Waals surface area contributed by atoms with Crippen LogP contribution in [0.5, 0.6) is 0 Å². The van der Waals surface area contributed by atoms with E-state index in [0.717, 1.165) is 40.7 Å². The van der Waals surface area contributed by atoms with Gasteiger partial charge in [0.05, 0.1) is 23.6 Å². The zero-order valence-electron chi connectivity index (χ0n) is 18.8. The molecule has 5 heteroatoms. The molecule has 0 unspecified atom stereocenters. The number of aromatic nitrogens is 4. The molecule has 1 fully saturated rings. The summed E-state index contributed by atoms with van der Waals surface area (Å²) in [7, 11) is 1.76. The van der Waals surface area contributed by atoms with Gasteiger partial charge < -0.3 is 9.30 Å². The highest BCUT2D eigenvalue weighted by molar-refractivity contribution is 5.90. The molecule has 1 aliphatic carbocycles. The lowest BCUT2D eigenvalue weighted by Gasteiger charge is -2.12. The van der Waals surface area contributed by atoms with Crippen LogP contribution in [-0.2, 0) is 17.9 Å². The first-order valence-corrected chi connectivity index (χ1v) is 10.8. The van der Waals surface area contributed by atoms with Gasteiger partial charge in [0, 0.05) is 24.7 Å². The van der Waals surface area contributed by atoms with Crippen molar-refractivity contribution in [3.05, 3.63) is 52.0 Å². The summed E-state index contributed by atoms with van der Waals surface area (Å²) in [6, 6.07) is 6.74. The fourth-order valence-corrected chi connectivity index (χ4v) is 4.97. The van der Waals surface area contributed by atoms with Gasteiger partial charge in [-0.2, -0.15) is 9.61 Å². The maximum atomic E-state index is 5.52. The average Bonchev–Trinajstić information content (AvgIpc) is 3.34. The molecular weight excluding hydrogens is 372 g/mol. The number of hydrogen-bond acceptors (Lipinski definition) is 3. The summed E-state index contributed by atoms with van der Waals surface area (Å²) in [5, 5.41) is 6.19. The Morgan fingerprint density at radius 1 is 0.967 bits per heavy atom. The maximum absolute atomic E-state index is 5.52. The lowest BCUT2D eigenvalue weighted by atomic mass is 9.94. The number of rotatable bonds is 5. The van der Waals surface area contributed by atoms with Crippen molar-refractivity contribution in [3.63, 3.8) is 0 Å². The third kappa shape index (κ3) is 2.95. The van der Waals surface area contributed by atoms with Crippen molar-refractivity contribution < 1.29 is 4.74 Å². The van der Waals surface area contributed by atoms with Crippen LogP contribution in [0.4, 0.5) is 0 Å². The lowest BCUT2D eigenvalue weighted by molar-refractivity contribution is 0.178. The van der Waals surface area contributed by atoms with Crippen molar-refractivity contribution >= 4 is 16.7 Å². The summed E-state index contributed by atoms with van der Waals surface area (Å²) in [4.78, 5) is 5.06. The molecule has 0 amide bonds. The van der Waals surface area contributed by atoms with Gasteiger partial charge >= 0.3 is 0 Å². The van der Waals surface area contributed by atoms with Crippen LogP contribution in [0.15, 0.2) is 18.2 Å². The van der Waals surface area contributed by atoms with Crippen molar-refractivity contribution in [1.82, 2.24) is 19.2 Å². The molecule has 3 heterocycles. The predicted molar refractivity (Wildman–Crippen MR) is 121 cm³/mol. The van der Waals surface area contributed by atoms with Gasteiger partial charge in [-0.15, -0.1) is 0 Å². The molecule has 0 atom stereocenters. The van der Waals surface area contributed by atoms with E-state index in [4.69, 9.17) is 14.8 Å². The fraction of sp³-hybridized carbons (Fsp3) is 0.440. The molecule has 0 spiro atoms. The quantitative estimate of drug-likeness (QED) is 0.446. The Bertz CT molecular complexity index is 1270. The van der Waals surface area contributed by atoms with Crippen LogP contribution < -0.4 is 0 Å². The normalized spacial score (nSPS) is 14.3. The summed E-state index contributed by atoms with van der Waals surface area (Å²) in [6.45, 7) is 12.4. The van der Waals surface area contributed by atoms with E-state index >= 15 is 0 Å². The zero-order valence-corrected chi connectivity index (χ0v) is 18.8. The van der Waals surface area contributed by atoms with Crippen molar-refractivity contribution in [2.45, 2.75) is 60.6 Å². The maximum Gasteiger partial charge on any atom is 0.165 e. The molecule has 0 saturated heterocycles. The Morgan fingerprint density at radius 2 is 1.67 bits per heavy atom.